The lowest BCUT2D eigenvalue weighted by Gasteiger charge is -2.19. The van der Waals surface area contributed by atoms with Crippen LogP contribution in [0.2, 0.25) is 0 Å². The first kappa shape index (κ1) is 9.01. The van der Waals surface area contributed by atoms with Gasteiger partial charge in [-0.3, -0.25) is 0 Å². The molecular weight excluding hydrogens is 158 g/mol. The van der Waals surface area contributed by atoms with Crippen molar-refractivity contribution in [3.05, 3.63) is 0 Å². The summed E-state index contributed by atoms with van der Waals surface area (Å²) in [6.45, 7) is 2.09. The van der Waals surface area contributed by atoms with Gasteiger partial charge in [-0.1, -0.05) is 0 Å². The number of hydrogen-bond acceptors (Lipinski definition) is 4. The third kappa shape index (κ3) is 1.74. The molecule has 1 aliphatic rings. The molecule has 1 heterocycles. The van der Waals surface area contributed by atoms with E-state index in [0.717, 1.165) is 6.42 Å². The summed E-state index contributed by atoms with van der Waals surface area (Å²) in [5.74, 6) is -0.429. The molecule has 1 saturated heterocycles. The topological polar surface area (TPSA) is 59.3 Å². The van der Waals surface area contributed by atoms with E-state index >= 15 is 0 Å². The molecule has 0 aromatic heterocycles. The van der Waals surface area contributed by atoms with E-state index in [2.05, 4.69) is 4.74 Å². The molecule has 0 saturated carbocycles. The molecule has 0 spiro atoms. The Hall–Kier alpha value is -1.08. The Morgan fingerprint density at radius 2 is 2.58 bits per heavy atom. The van der Waals surface area contributed by atoms with Crippen LogP contribution in [0, 0.1) is 11.3 Å². The van der Waals surface area contributed by atoms with Crippen molar-refractivity contribution in [2.45, 2.75) is 25.4 Å². The fraction of sp³-hybridized carbons (Fsp3) is 0.750. The van der Waals surface area contributed by atoms with Crippen LogP contribution < -0.4 is 0 Å². The first-order valence-electron chi connectivity index (χ1n) is 3.87. The van der Waals surface area contributed by atoms with Gasteiger partial charge in [0, 0.05) is 6.61 Å². The number of rotatable bonds is 2. The van der Waals surface area contributed by atoms with E-state index in [1.165, 1.54) is 0 Å². The minimum absolute atomic E-state index is 0.197. The van der Waals surface area contributed by atoms with E-state index in [9.17, 15) is 4.79 Å². The van der Waals surface area contributed by atoms with Crippen molar-refractivity contribution in [3.8, 4) is 6.07 Å². The van der Waals surface area contributed by atoms with Crippen molar-refractivity contribution < 1.29 is 14.3 Å². The van der Waals surface area contributed by atoms with Crippen molar-refractivity contribution in [1.29, 1.82) is 5.26 Å². The Kier molecular flexibility index (Phi) is 2.66. The molecule has 0 amide bonds. The summed E-state index contributed by atoms with van der Waals surface area (Å²) in [5, 5.41) is 8.17. The second kappa shape index (κ2) is 3.55. The minimum atomic E-state index is -0.809. The number of nitrogens with zero attached hydrogens (tertiary/aromatic N) is 1. The zero-order valence-corrected chi connectivity index (χ0v) is 7.00. The summed E-state index contributed by atoms with van der Waals surface area (Å²) in [5.41, 5.74) is -0.809. The third-order valence-corrected chi connectivity index (χ3v) is 1.92. The van der Waals surface area contributed by atoms with Crippen LogP contribution in [-0.4, -0.2) is 24.8 Å². The van der Waals surface area contributed by atoms with Gasteiger partial charge in [0.05, 0.1) is 0 Å². The van der Waals surface area contributed by atoms with Gasteiger partial charge in [-0.2, -0.15) is 5.26 Å². The molecular formula is C8H11NO3. The second-order valence-electron chi connectivity index (χ2n) is 2.92. The maximum Gasteiger partial charge on any atom is 0.339 e. The average molecular weight is 169 g/mol. The largest absolute Gasteiger partial charge is 0.448 e. The number of carbonyl (C=O) groups is 1. The van der Waals surface area contributed by atoms with Crippen LogP contribution in [-0.2, 0) is 14.3 Å². The molecule has 0 bridgehead atoms. The molecule has 0 aromatic carbocycles. The highest BCUT2D eigenvalue weighted by Crippen LogP contribution is 2.26. The molecule has 1 aliphatic heterocycles. The zero-order chi connectivity index (χ0) is 9.03. The SMILES string of the molecule is CC1(C(=O)OCC#N)CCCO1. The van der Waals surface area contributed by atoms with Gasteiger partial charge in [0.15, 0.2) is 12.2 Å². The van der Waals surface area contributed by atoms with E-state index in [1.54, 1.807) is 13.0 Å². The van der Waals surface area contributed by atoms with E-state index in [1.807, 2.05) is 0 Å². The molecule has 1 rings (SSSR count). The highest BCUT2D eigenvalue weighted by molar-refractivity contribution is 5.79. The average Bonchev–Trinajstić information content (AvgIpc) is 2.49. The summed E-state index contributed by atoms with van der Waals surface area (Å²) in [4.78, 5) is 11.2. The molecule has 1 fully saturated rings. The number of esters is 1. The fourth-order valence-corrected chi connectivity index (χ4v) is 1.19. The lowest BCUT2D eigenvalue weighted by molar-refractivity contribution is -0.163. The van der Waals surface area contributed by atoms with Crippen molar-refractivity contribution in [3.63, 3.8) is 0 Å². The highest BCUT2D eigenvalue weighted by Gasteiger charge is 2.39. The Balaban J connectivity index is 2.45. The van der Waals surface area contributed by atoms with Gasteiger partial charge in [-0.15, -0.1) is 0 Å². The number of ether oxygens (including phenoxy) is 2. The van der Waals surface area contributed by atoms with Crippen LogP contribution in [0.4, 0.5) is 0 Å². The van der Waals surface area contributed by atoms with Crippen LogP contribution in [0.5, 0.6) is 0 Å². The van der Waals surface area contributed by atoms with E-state index in [0.29, 0.717) is 13.0 Å². The van der Waals surface area contributed by atoms with Crippen LogP contribution in [0.25, 0.3) is 0 Å². The first-order chi connectivity index (χ1) is 5.69. The molecule has 0 N–H and O–H groups in total. The molecule has 12 heavy (non-hydrogen) atoms. The predicted octanol–water partition coefficient (Wildman–Crippen LogP) is 0.622. The summed E-state index contributed by atoms with van der Waals surface area (Å²) < 4.78 is 9.87. The fourth-order valence-electron chi connectivity index (χ4n) is 1.19. The molecule has 66 valence electrons. The Labute approximate surface area is 71.1 Å². The number of nitriles is 1. The first-order valence-corrected chi connectivity index (χ1v) is 3.87. The molecule has 0 aliphatic carbocycles. The van der Waals surface area contributed by atoms with Crippen LogP contribution in [0.1, 0.15) is 19.8 Å². The third-order valence-electron chi connectivity index (χ3n) is 1.92. The quantitative estimate of drug-likeness (QED) is 0.568. The van der Waals surface area contributed by atoms with Crippen LogP contribution in [0.3, 0.4) is 0 Å². The normalized spacial score (nSPS) is 28.0. The van der Waals surface area contributed by atoms with Crippen LogP contribution >= 0.6 is 0 Å². The predicted molar refractivity (Wildman–Crippen MR) is 40.2 cm³/mol. The molecule has 4 heteroatoms. The second-order valence-corrected chi connectivity index (χ2v) is 2.92. The Morgan fingerprint density at radius 1 is 1.83 bits per heavy atom. The highest BCUT2D eigenvalue weighted by atomic mass is 16.6. The summed E-state index contributed by atoms with van der Waals surface area (Å²) >= 11 is 0. The van der Waals surface area contributed by atoms with Crippen molar-refractivity contribution in [2.24, 2.45) is 0 Å². The van der Waals surface area contributed by atoms with E-state index in [-0.39, 0.29) is 6.61 Å². The summed E-state index contributed by atoms with van der Waals surface area (Å²) in [7, 11) is 0. The maximum atomic E-state index is 11.2. The number of hydrogen-bond donors (Lipinski definition) is 0. The smallest absolute Gasteiger partial charge is 0.339 e. The lowest BCUT2D eigenvalue weighted by Crippen LogP contribution is -2.36. The van der Waals surface area contributed by atoms with E-state index < -0.39 is 11.6 Å². The lowest BCUT2D eigenvalue weighted by atomic mass is 10.0. The molecule has 4 nitrogen and oxygen atoms in total. The van der Waals surface area contributed by atoms with Crippen LogP contribution in [0.15, 0.2) is 0 Å². The van der Waals surface area contributed by atoms with Gasteiger partial charge in [-0.05, 0) is 19.8 Å². The standard InChI is InChI=1S/C8H11NO3/c1-8(3-2-5-12-8)7(10)11-6-4-9/h2-3,5-6H2,1H3. The van der Waals surface area contributed by atoms with Gasteiger partial charge in [0.2, 0.25) is 0 Å². The maximum absolute atomic E-state index is 11.2. The van der Waals surface area contributed by atoms with E-state index in [4.69, 9.17) is 10.00 Å². The minimum Gasteiger partial charge on any atom is -0.448 e. The van der Waals surface area contributed by atoms with Crippen molar-refractivity contribution in [1.82, 2.24) is 0 Å². The Bertz CT molecular complexity index is 213. The van der Waals surface area contributed by atoms with Gasteiger partial charge in [-0.25, -0.2) is 4.79 Å². The van der Waals surface area contributed by atoms with Gasteiger partial charge in [0.25, 0.3) is 0 Å². The van der Waals surface area contributed by atoms with Crippen molar-refractivity contribution in [2.75, 3.05) is 13.2 Å². The molecule has 0 aromatic rings. The number of carbonyl (C=O) groups excluding carboxylic acids is 1. The molecule has 1 unspecified atom stereocenters. The summed E-state index contributed by atoms with van der Waals surface area (Å²) in [6, 6.07) is 1.74. The van der Waals surface area contributed by atoms with Gasteiger partial charge in [0.1, 0.15) is 6.07 Å². The van der Waals surface area contributed by atoms with Gasteiger partial charge < -0.3 is 9.47 Å². The van der Waals surface area contributed by atoms with Crippen molar-refractivity contribution >= 4 is 5.97 Å². The monoisotopic (exact) mass is 169 g/mol. The molecule has 0 radical (unpaired) electrons. The Morgan fingerprint density at radius 3 is 3.08 bits per heavy atom. The molecule has 1 atom stereocenters. The van der Waals surface area contributed by atoms with Gasteiger partial charge >= 0.3 is 5.97 Å². The zero-order valence-electron chi connectivity index (χ0n) is 7.00. The summed E-state index contributed by atoms with van der Waals surface area (Å²) in [6.07, 6.45) is 1.55.